The summed E-state index contributed by atoms with van der Waals surface area (Å²) in [5.74, 6) is 1.16. The number of hydrogen-bond acceptors (Lipinski definition) is 6. The molecule has 0 spiro atoms. The Morgan fingerprint density at radius 2 is 1.97 bits per heavy atom. The molecule has 148 valence electrons. The van der Waals surface area contributed by atoms with Gasteiger partial charge in [-0.25, -0.2) is 19.3 Å². The zero-order chi connectivity index (χ0) is 20.4. The number of imidazole rings is 1. The molecular formula is C21H22FN7. The van der Waals surface area contributed by atoms with E-state index in [9.17, 15) is 4.39 Å². The lowest BCUT2D eigenvalue weighted by Crippen LogP contribution is -2.20. The highest BCUT2D eigenvalue weighted by Gasteiger charge is 2.22. The van der Waals surface area contributed by atoms with E-state index in [1.807, 2.05) is 16.8 Å². The molecule has 0 aliphatic carbocycles. The van der Waals surface area contributed by atoms with E-state index in [2.05, 4.69) is 51.1 Å². The Morgan fingerprint density at radius 1 is 1.17 bits per heavy atom. The fraction of sp³-hybridized carbons (Fsp3) is 0.333. The summed E-state index contributed by atoms with van der Waals surface area (Å²) >= 11 is 0. The van der Waals surface area contributed by atoms with Gasteiger partial charge in [0.15, 0.2) is 5.69 Å². The summed E-state index contributed by atoms with van der Waals surface area (Å²) < 4.78 is 15.4. The van der Waals surface area contributed by atoms with Gasteiger partial charge in [-0.3, -0.25) is 4.90 Å². The van der Waals surface area contributed by atoms with E-state index in [1.54, 1.807) is 6.33 Å². The first-order chi connectivity index (χ1) is 14.0. The Bertz CT molecular complexity index is 1030. The van der Waals surface area contributed by atoms with Crippen LogP contribution in [0.1, 0.15) is 28.8 Å². The zero-order valence-corrected chi connectivity index (χ0v) is 16.4. The fourth-order valence-electron chi connectivity index (χ4n) is 3.82. The third-order valence-corrected chi connectivity index (χ3v) is 5.04. The highest BCUT2D eigenvalue weighted by Crippen LogP contribution is 2.25. The van der Waals surface area contributed by atoms with Crippen LogP contribution < -0.4 is 5.32 Å². The minimum Gasteiger partial charge on any atom is -0.322 e. The molecule has 0 amide bonds. The van der Waals surface area contributed by atoms with Crippen LogP contribution in [0.2, 0.25) is 0 Å². The molecule has 1 N–H and O–H groups in total. The number of alkyl halides is 1. The lowest BCUT2D eigenvalue weighted by atomic mass is 10.0. The van der Waals surface area contributed by atoms with Gasteiger partial charge in [0, 0.05) is 19.6 Å². The number of aryl methyl sites for hydroxylation is 2. The molecule has 0 radical (unpaired) electrons. The van der Waals surface area contributed by atoms with E-state index < -0.39 is 6.17 Å². The number of halogens is 1. The maximum Gasteiger partial charge on any atom is 0.158 e. The van der Waals surface area contributed by atoms with Gasteiger partial charge in [0.1, 0.15) is 30.2 Å². The van der Waals surface area contributed by atoms with Gasteiger partial charge in [-0.05, 0) is 37.0 Å². The molecule has 1 aliphatic heterocycles. The van der Waals surface area contributed by atoms with Crippen molar-refractivity contribution in [1.29, 1.82) is 5.26 Å². The Hall–Kier alpha value is -3.31. The van der Waals surface area contributed by atoms with Crippen molar-refractivity contribution in [2.45, 2.75) is 33.0 Å². The second kappa shape index (κ2) is 7.97. The van der Waals surface area contributed by atoms with Gasteiger partial charge in [0.2, 0.25) is 0 Å². The Morgan fingerprint density at radius 3 is 2.59 bits per heavy atom. The van der Waals surface area contributed by atoms with Crippen LogP contribution >= 0.6 is 0 Å². The number of nitrogens with zero attached hydrogens (tertiary/aromatic N) is 6. The zero-order valence-electron chi connectivity index (χ0n) is 16.4. The fourth-order valence-corrected chi connectivity index (χ4v) is 3.82. The monoisotopic (exact) mass is 391 g/mol. The predicted octanol–water partition coefficient (Wildman–Crippen LogP) is 3.44. The molecule has 7 nitrogen and oxygen atoms in total. The first-order valence-electron chi connectivity index (χ1n) is 9.52. The van der Waals surface area contributed by atoms with Crippen molar-refractivity contribution in [2.75, 3.05) is 18.4 Å². The highest BCUT2D eigenvalue weighted by molar-refractivity contribution is 5.54. The van der Waals surface area contributed by atoms with Crippen LogP contribution in [0.4, 0.5) is 16.0 Å². The second-order valence-electron chi connectivity index (χ2n) is 7.39. The van der Waals surface area contributed by atoms with Gasteiger partial charge >= 0.3 is 0 Å². The van der Waals surface area contributed by atoms with Crippen LogP contribution in [0.25, 0.3) is 5.69 Å². The number of anilines is 2. The smallest absolute Gasteiger partial charge is 0.158 e. The van der Waals surface area contributed by atoms with E-state index in [-0.39, 0.29) is 5.69 Å². The molecule has 29 heavy (non-hydrogen) atoms. The summed E-state index contributed by atoms with van der Waals surface area (Å²) in [6.07, 6.45) is 6.49. The normalized spacial score (nSPS) is 16.7. The van der Waals surface area contributed by atoms with Crippen molar-refractivity contribution in [3.05, 3.63) is 59.4 Å². The molecule has 0 unspecified atom stereocenters. The van der Waals surface area contributed by atoms with Crippen LogP contribution in [0, 0.1) is 25.2 Å². The van der Waals surface area contributed by atoms with Crippen molar-refractivity contribution in [3.63, 3.8) is 0 Å². The topological polar surface area (TPSA) is 82.7 Å². The summed E-state index contributed by atoms with van der Waals surface area (Å²) in [6, 6.07) is 6.26. The van der Waals surface area contributed by atoms with Crippen molar-refractivity contribution < 1.29 is 4.39 Å². The molecule has 1 aromatic carbocycles. The number of benzene rings is 1. The highest BCUT2D eigenvalue weighted by atomic mass is 19.1. The minimum atomic E-state index is -0.700. The van der Waals surface area contributed by atoms with Crippen LogP contribution in [0.15, 0.2) is 37.1 Å². The largest absolute Gasteiger partial charge is 0.322 e. The third kappa shape index (κ3) is 4.25. The summed E-state index contributed by atoms with van der Waals surface area (Å²) in [7, 11) is 0. The van der Waals surface area contributed by atoms with E-state index in [0.717, 1.165) is 29.9 Å². The third-order valence-electron chi connectivity index (χ3n) is 5.04. The average molecular weight is 391 g/mol. The van der Waals surface area contributed by atoms with Gasteiger partial charge in [-0.1, -0.05) is 12.1 Å². The summed E-state index contributed by atoms with van der Waals surface area (Å²) in [4.78, 5) is 14.7. The average Bonchev–Trinajstić information content (AvgIpc) is 3.31. The number of rotatable bonds is 5. The molecule has 1 aliphatic rings. The number of hydrogen-bond donors (Lipinski definition) is 1. The van der Waals surface area contributed by atoms with Crippen LogP contribution in [0.5, 0.6) is 0 Å². The Kier molecular flexibility index (Phi) is 5.23. The van der Waals surface area contributed by atoms with Gasteiger partial charge in [0.05, 0.1) is 24.3 Å². The van der Waals surface area contributed by atoms with Gasteiger partial charge in [0.25, 0.3) is 0 Å². The maximum atomic E-state index is 13.4. The second-order valence-corrected chi connectivity index (χ2v) is 7.39. The van der Waals surface area contributed by atoms with E-state index in [4.69, 9.17) is 5.26 Å². The summed E-state index contributed by atoms with van der Waals surface area (Å²) in [5, 5.41) is 11.9. The molecule has 4 rings (SSSR count). The molecule has 1 fully saturated rings. The van der Waals surface area contributed by atoms with Crippen LogP contribution in [-0.4, -0.2) is 43.7 Å². The van der Waals surface area contributed by atoms with Crippen LogP contribution in [0.3, 0.4) is 0 Å². The van der Waals surface area contributed by atoms with Crippen molar-refractivity contribution >= 4 is 11.6 Å². The maximum absolute atomic E-state index is 13.4. The van der Waals surface area contributed by atoms with Crippen molar-refractivity contribution in [3.8, 4) is 11.8 Å². The Balaban J connectivity index is 1.51. The number of nitriles is 1. The van der Waals surface area contributed by atoms with Crippen molar-refractivity contribution in [2.24, 2.45) is 0 Å². The molecule has 2 aromatic heterocycles. The number of aromatic nitrogens is 4. The van der Waals surface area contributed by atoms with E-state index in [0.29, 0.717) is 24.6 Å². The molecule has 1 atom stereocenters. The molecule has 3 heterocycles. The van der Waals surface area contributed by atoms with Crippen LogP contribution in [-0.2, 0) is 6.54 Å². The standard InChI is InChI=1S/C21H22FN7/c1-14-5-16(10-28-4-3-17(22)11-28)6-15(2)21(14)29-12-20(26-13-29)27-19-9-24-18(7-23)8-25-19/h5-6,8-9,12-13,17H,3-4,10-11H2,1-2H3,(H,25,27)/t17-/m1/s1. The minimum absolute atomic E-state index is 0.267. The molecule has 1 saturated heterocycles. The molecule has 3 aromatic rings. The molecule has 0 bridgehead atoms. The van der Waals surface area contributed by atoms with Gasteiger partial charge < -0.3 is 9.88 Å². The predicted molar refractivity (Wildman–Crippen MR) is 108 cm³/mol. The SMILES string of the molecule is Cc1cc(CN2CC[C@@H](F)C2)cc(C)c1-n1cnc(Nc2cnc(C#N)cn2)c1. The lowest BCUT2D eigenvalue weighted by molar-refractivity contribution is 0.282. The van der Waals surface area contributed by atoms with E-state index in [1.165, 1.54) is 18.0 Å². The molecular weight excluding hydrogens is 369 g/mol. The number of nitrogens with one attached hydrogen (secondary N) is 1. The lowest BCUT2D eigenvalue weighted by Gasteiger charge is -2.18. The molecule has 0 saturated carbocycles. The van der Waals surface area contributed by atoms with Gasteiger partial charge in [-0.2, -0.15) is 5.26 Å². The summed E-state index contributed by atoms with van der Waals surface area (Å²) in [5.41, 5.74) is 4.81. The van der Waals surface area contributed by atoms with Gasteiger partial charge in [-0.15, -0.1) is 0 Å². The first-order valence-corrected chi connectivity index (χ1v) is 9.52. The Labute approximate surface area is 168 Å². The summed E-state index contributed by atoms with van der Waals surface area (Å²) in [6.45, 7) is 6.26. The van der Waals surface area contributed by atoms with E-state index >= 15 is 0 Å². The first kappa shape index (κ1) is 19.0. The molecule has 8 heteroatoms. The number of likely N-dealkylation sites (tertiary alicyclic amines) is 1. The van der Waals surface area contributed by atoms with Crippen molar-refractivity contribution in [1.82, 2.24) is 24.4 Å². The quantitative estimate of drug-likeness (QED) is 0.717.